The van der Waals surface area contributed by atoms with Crippen molar-refractivity contribution in [2.45, 2.75) is 0 Å². The van der Waals surface area contributed by atoms with Crippen LogP contribution < -0.4 is 15.2 Å². The lowest BCUT2D eigenvalue weighted by Gasteiger charge is -2.12. The molecule has 0 unspecified atom stereocenters. The summed E-state index contributed by atoms with van der Waals surface area (Å²) in [6, 6.07) is 8.31. The number of ketones is 1. The van der Waals surface area contributed by atoms with E-state index in [9.17, 15) is 9.18 Å². The summed E-state index contributed by atoms with van der Waals surface area (Å²) in [6.07, 6.45) is 0. The largest absolute Gasteiger partial charge is 0.493 e. The average Bonchev–Trinajstić information content (AvgIpc) is 2.47. The molecular formula is C15H14FNO3. The van der Waals surface area contributed by atoms with Crippen LogP contribution in [0.5, 0.6) is 11.5 Å². The van der Waals surface area contributed by atoms with Crippen LogP contribution in [0.4, 0.5) is 10.1 Å². The predicted molar refractivity (Wildman–Crippen MR) is 73.8 cm³/mol. The van der Waals surface area contributed by atoms with Gasteiger partial charge in [0.2, 0.25) is 0 Å². The molecule has 0 heterocycles. The van der Waals surface area contributed by atoms with Gasteiger partial charge in [-0.2, -0.15) is 0 Å². The summed E-state index contributed by atoms with van der Waals surface area (Å²) >= 11 is 0. The zero-order valence-electron chi connectivity index (χ0n) is 11.1. The lowest BCUT2D eigenvalue weighted by molar-refractivity contribution is 0.103. The van der Waals surface area contributed by atoms with Gasteiger partial charge in [-0.25, -0.2) is 4.39 Å². The topological polar surface area (TPSA) is 61.5 Å². The Morgan fingerprint density at radius 1 is 1.05 bits per heavy atom. The quantitative estimate of drug-likeness (QED) is 0.688. The SMILES string of the molecule is COc1cc(N)c(C(=O)c2ccc(F)cc2)cc1OC. The molecule has 0 atom stereocenters. The fourth-order valence-electron chi connectivity index (χ4n) is 1.85. The molecule has 0 saturated carbocycles. The first-order chi connectivity index (χ1) is 9.56. The predicted octanol–water partition coefficient (Wildman–Crippen LogP) is 2.66. The minimum atomic E-state index is -0.401. The Labute approximate surface area is 115 Å². The summed E-state index contributed by atoms with van der Waals surface area (Å²) in [4.78, 5) is 12.3. The molecule has 104 valence electrons. The van der Waals surface area contributed by atoms with E-state index >= 15 is 0 Å². The number of anilines is 1. The summed E-state index contributed by atoms with van der Waals surface area (Å²) < 4.78 is 23.1. The molecule has 0 amide bonds. The Balaban J connectivity index is 2.46. The van der Waals surface area contributed by atoms with E-state index in [1.807, 2.05) is 0 Å². The molecule has 0 aromatic heterocycles. The summed E-state index contributed by atoms with van der Waals surface area (Å²) in [5.74, 6) is 0.151. The second-order valence-electron chi connectivity index (χ2n) is 4.13. The molecule has 2 aromatic carbocycles. The van der Waals surface area contributed by atoms with Gasteiger partial charge in [0.15, 0.2) is 17.3 Å². The lowest BCUT2D eigenvalue weighted by Crippen LogP contribution is -2.06. The Hall–Kier alpha value is -2.56. The van der Waals surface area contributed by atoms with Crippen molar-refractivity contribution in [3.63, 3.8) is 0 Å². The third kappa shape index (κ3) is 2.56. The van der Waals surface area contributed by atoms with Crippen molar-refractivity contribution in [1.29, 1.82) is 0 Å². The molecule has 2 rings (SSSR count). The summed E-state index contributed by atoms with van der Waals surface area (Å²) in [5, 5.41) is 0. The molecular weight excluding hydrogens is 261 g/mol. The van der Waals surface area contributed by atoms with E-state index in [1.165, 1.54) is 50.6 Å². The van der Waals surface area contributed by atoms with Gasteiger partial charge >= 0.3 is 0 Å². The van der Waals surface area contributed by atoms with Crippen LogP contribution in [-0.2, 0) is 0 Å². The number of nitrogen functional groups attached to an aromatic ring is 1. The smallest absolute Gasteiger partial charge is 0.195 e. The molecule has 0 radical (unpaired) electrons. The van der Waals surface area contributed by atoms with E-state index in [2.05, 4.69) is 0 Å². The zero-order chi connectivity index (χ0) is 14.7. The van der Waals surface area contributed by atoms with E-state index in [-0.39, 0.29) is 17.0 Å². The number of carbonyl (C=O) groups excluding carboxylic acids is 1. The van der Waals surface area contributed by atoms with Crippen LogP contribution in [0.25, 0.3) is 0 Å². The first-order valence-corrected chi connectivity index (χ1v) is 5.88. The van der Waals surface area contributed by atoms with Gasteiger partial charge in [-0.15, -0.1) is 0 Å². The molecule has 0 aliphatic carbocycles. The van der Waals surface area contributed by atoms with Crippen LogP contribution in [0.15, 0.2) is 36.4 Å². The van der Waals surface area contributed by atoms with E-state index in [4.69, 9.17) is 15.2 Å². The number of ether oxygens (including phenoxy) is 2. The van der Waals surface area contributed by atoms with E-state index < -0.39 is 5.82 Å². The van der Waals surface area contributed by atoms with E-state index in [0.29, 0.717) is 17.1 Å². The second kappa shape index (κ2) is 5.61. The highest BCUT2D eigenvalue weighted by atomic mass is 19.1. The molecule has 20 heavy (non-hydrogen) atoms. The number of hydrogen-bond donors (Lipinski definition) is 1. The molecule has 4 nitrogen and oxygen atoms in total. The van der Waals surface area contributed by atoms with Crippen molar-refractivity contribution in [2.24, 2.45) is 0 Å². The number of benzene rings is 2. The molecule has 0 aliphatic rings. The standard InChI is InChI=1S/C15H14FNO3/c1-19-13-7-11(12(17)8-14(13)20-2)15(18)9-3-5-10(16)6-4-9/h3-8H,17H2,1-2H3. The maximum Gasteiger partial charge on any atom is 0.195 e. The van der Waals surface area contributed by atoms with Gasteiger partial charge in [-0.1, -0.05) is 0 Å². The van der Waals surface area contributed by atoms with Crippen molar-refractivity contribution in [3.8, 4) is 11.5 Å². The first-order valence-electron chi connectivity index (χ1n) is 5.88. The molecule has 2 N–H and O–H groups in total. The van der Waals surface area contributed by atoms with Gasteiger partial charge < -0.3 is 15.2 Å². The van der Waals surface area contributed by atoms with Crippen molar-refractivity contribution >= 4 is 11.5 Å². The van der Waals surface area contributed by atoms with E-state index in [1.54, 1.807) is 0 Å². The van der Waals surface area contributed by atoms with Gasteiger partial charge in [0.25, 0.3) is 0 Å². The second-order valence-corrected chi connectivity index (χ2v) is 4.13. The van der Waals surface area contributed by atoms with Gasteiger partial charge in [0.05, 0.1) is 14.2 Å². The maximum atomic E-state index is 12.9. The minimum absolute atomic E-state index is 0.275. The summed E-state index contributed by atoms with van der Waals surface area (Å²) in [7, 11) is 2.96. The van der Waals surface area contributed by atoms with Crippen LogP contribution >= 0.6 is 0 Å². The number of carbonyl (C=O) groups is 1. The Morgan fingerprint density at radius 2 is 1.60 bits per heavy atom. The fraction of sp³-hybridized carbons (Fsp3) is 0.133. The highest BCUT2D eigenvalue weighted by molar-refractivity contribution is 6.12. The molecule has 0 aliphatic heterocycles. The van der Waals surface area contributed by atoms with Crippen molar-refractivity contribution in [1.82, 2.24) is 0 Å². The number of rotatable bonds is 4. The summed E-state index contributed by atoms with van der Waals surface area (Å²) in [5.41, 5.74) is 6.77. The average molecular weight is 275 g/mol. The number of methoxy groups -OCH3 is 2. The zero-order valence-corrected chi connectivity index (χ0v) is 11.1. The Morgan fingerprint density at radius 3 is 2.15 bits per heavy atom. The molecule has 0 fully saturated rings. The maximum absolute atomic E-state index is 12.9. The van der Waals surface area contributed by atoms with Gasteiger partial charge in [-0.05, 0) is 30.3 Å². The normalized spacial score (nSPS) is 10.2. The van der Waals surface area contributed by atoms with E-state index in [0.717, 1.165) is 0 Å². The molecule has 0 spiro atoms. The minimum Gasteiger partial charge on any atom is -0.493 e. The van der Waals surface area contributed by atoms with Crippen LogP contribution in [0.3, 0.4) is 0 Å². The number of hydrogen-bond acceptors (Lipinski definition) is 4. The monoisotopic (exact) mass is 275 g/mol. The molecule has 5 heteroatoms. The van der Waals surface area contributed by atoms with Crippen LogP contribution in [0, 0.1) is 5.82 Å². The highest BCUT2D eigenvalue weighted by Crippen LogP contribution is 2.32. The van der Waals surface area contributed by atoms with Gasteiger partial charge in [0, 0.05) is 22.9 Å². The summed E-state index contributed by atoms with van der Waals surface area (Å²) in [6.45, 7) is 0. The first kappa shape index (κ1) is 13.9. The van der Waals surface area contributed by atoms with Gasteiger partial charge in [0.1, 0.15) is 5.82 Å². The van der Waals surface area contributed by atoms with Crippen LogP contribution in [0.1, 0.15) is 15.9 Å². The number of halogens is 1. The molecule has 0 saturated heterocycles. The third-order valence-corrected chi connectivity index (χ3v) is 2.91. The third-order valence-electron chi connectivity index (χ3n) is 2.91. The van der Waals surface area contributed by atoms with Crippen molar-refractivity contribution in [2.75, 3.05) is 20.0 Å². The molecule has 0 bridgehead atoms. The Kier molecular flexibility index (Phi) is 3.89. The fourth-order valence-corrected chi connectivity index (χ4v) is 1.85. The lowest BCUT2D eigenvalue weighted by atomic mass is 10.0. The van der Waals surface area contributed by atoms with Gasteiger partial charge in [-0.3, -0.25) is 4.79 Å². The van der Waals surface area contributed by atoms with Crippen LogP contribution in [0.2, 0.25) is 0 Å². The number of nitrogens with two attached hydrogens (primary N) is 1. The highest BCUT2D eigenvalue weighted by Gasteiger charge is 2.16. The van der Waals surface area contributed by atoms with Crippen molar-refractivity contribution < 1.29 is 18.7 Å². The van der Waals surface area contributed by atoms with Crippen LogP contribution in [-0.4, -0.2) is 20.0 Å². The Bertz CT molecular complexity index is 638. The molecule has 2 aromatic rings. The van der Waals surface area contributed by atoms with Crippen molar-refractivity contribution in [3.05, 3.63) is 53.3 Å².